The molecule has 0 saturated heterocycles. The lowest BCUT2D eigenvalue weighted by Crippen LogP contribution is -2.41. The van der Waals surface area contributed by atoms with E-state index in [0.717, 1.165) is 31.6 Å². The smallest absolute Gasteiger partial charge is 0.220 e. The second-order valence-electron chi connectivity index (χ2n) is 7.32. The van der Waals surface area contributed by atoms with Crippen LogP contribution in [0.2, 0.25) is 0 Å². The van der Waals surface area contributed by atoms with Crippen LogP contribution in [0, 0.1) is 11.3 Å². The first-order chi connectivity index (χ1) is 8.97. The van der Waals surface area contributed by atoms with Gasteiger partial charge in [-0.3, -0.25) is 4.79 Å². The molecule has 0 spiro atoms. The van der Waals surface area contributed by atoms with Crippen LogP contribution in [-0.2, 0) is 4.79 Å². The van der Waals surface area contributed by atoms with Gasteiger partial charge >= 0.3 is 0 Å². The molecule has 110 valence electrons. The van der Waals surface area contributed by atoms with Crippen LogP contribution in [0.3, 0.4) is 0 Å². The fourth-order valence-corrected chi connectivity index (χ4v) is 3.67. The fourth-order valence-electron chi connectivity index (χ4n) is 3.67. The lowest BCUT2D eigenvalue weighted by Gasteiger charge is -2.29. The molecule has 0 aromatic carbocycles. The van der Waals surface area contributed by atoms with Crippen LogP contribution in [0.1, 0.15) is 71.6 Å². The van der Waals surface area contributed by atoms with Gasteiger partial charge in [0.2, 0.25) is 5.91 Å². The van der Waals surface area contributed by atoms with Gasteiger partial charge < -0.3 is 11.1 Å². The minimum atomic E-state index is 0.259. The standard InChI is InChI=1S/C16H30N2O/c1-16(2)11-3-4-14(16)18-15(19)10-7-12-5-8-13(17)9-6-12/h12-14H,3-11,17H2,1-2H3,(H,18,19). The van der Waals surface area contributed by atoms with E-state index in [-0.39, 0.29) is 11.3 Å². The molecule has 1 amide bonds. The minimum Gasteiger partial charge on any atom is -0.353 e. The topological polar surface area (TPSA) is 55.1 Å². The average molecular weight is 266 g/mol. The Labute approximate surface area is 117 Å². The van der Waals surface area contributed by atoms with Crippen molar-refractivity contribution >= 4 is 5.91 Å². The van der Waals surface area contributed by atoms with Gasteiger partial charge in [0.25, 0.3) is 0 Å². The summed E-state index contributed by atoms with van der Waals surface area (Å²) in [6, 6.07) is 0.796. The lowest BCUT2D eigenvalue weighted by molar-refractivity contribution is -0.122. The number of carbonyl (C=O) groups is 1. The van der Waals surface area contributed by atoms with Crippen molar-refractivity contribution in [1.82, 2.24) is 5.32 Å². The molecule has 0 bridgehead atoms. The van der Waals surface area contributed by atoms with Crippen LogP contribution in [-0.4, -0.2) is 18.0 Å². The number of hydrogen-bond acceptors (Lipinski definition) is 2. The molecule has 1 unspecified atom stereocenters. The average Bonchev–Trinajstić information content (AvgIpc) is 2.68. The van der Waals surface area contributed by atoms with Gasteiger partial charge in [-0.15, -0.1) is 0 Å². The quantitative estimate of drug-likeness (QED) is 0.822. The zero-order valence-electron chi connectivity index (χ0n) is 12.6. The molecule has 3 nitrogen and oxygen atoms in total. The highest BCUT2D eigenvalue weighted by atomic mass is 16.1. The van der Waals surface area contributed by atoms with Crippen molar-refractivity contribution in [2.45, 2.75) is 83.7 Å². The molecule has 0 aliphatic heterocycles. The van der Waals surface area contributed by atoms with E-state index in [9.17, 15) is 4.79 Å². The van der Waals surface area contributed by atoms with Gasteiger partial charge in [-0.05, 0) is 56.3 Å². The molecule has 0 heterocycles. The summed E-state index contributed by atoms with van der Waals surface area (Å²) in [4.78, 5) is 12.1. The van der Waals surface area contributed by atoms with E-state index in [4.69, 9.17) is 5.73 Å². The van der Waals surface area contributed by atoms with E-state index < -0.39 is 0 Å². The van der Waals surface area contributed by atoms with Crippen molar-refractivity contribution < 1.29 is 4.79 Å². The van der Waals surface area contributed by atoms with Crippen molar-refractivity contribution in [1.29, 1.82) is 0 Å². The third kappa shape index (κ3) is 4.20. The molecule has 3 heteroatoms. The van der Waals surface area contributed by atoms with Crippen molar-refractivity contribution in [3.05, 3.63) is 0 Å². The number of hydrogen-bond donors (Lipinski definition) is 2. The zero-order chi connectivity index (χ0) is 13.9. The molecule has 2 aliphatic carbocycles. The van der Waals surface area contributed by atoms with E-state index in [1.165, 1.54) is 25.7 Å². The lowest BCUT2D eigenvalue weighted by atomic mass is 9.83. The summed E-state index contributed by atoms with van der Waals surface area (Å²) in [6.07, 6.45) is 10.1. The van der Waals surface area contributed by atoms with Crippen molar-refractivity contribution in [2.75, 3.05) is 0 Å². The highest BCUT2D eigenvalue weighted by molar-refractivity contribution is 5.76. The maximum atomic E-state index is 12.1. The number of carbonyl (C=O) groups excluding carboxylic acids is 1. The number of nitrogens with two attached hydrogens (primary N) is 1. The zero-order valence-corrected chi connectivity index (χ0v) is 12.6. The molecular weight excluding hydrogens is 236 g/mol. The Morgan fingerprint density at radius 2 is 1.89 bits per heavy atom. The number of rotatable bonds is 4. The van der Waals surface area contributed by atoms with Crippen LogP contribution < -0.4 is 11.1 Å². The normalized spacial score (nSPS) is 34.2. The molecule has 1 atom stereocenters. The first-order valence-electron chi connectivity index (χ1n) is 8.02. The molecule has 0 radical (unpaired) electrons. The van der Waals surface area contributed by atoms with E-state index >= 15 is 0 Å². The maximum Gasteiger partial charge on any atom is 0.220 e. The Balaban J connectivity index is 1.67. The van der Waals surface area contributed by atoms with Crippen LogP contribution >= 0.6 is 0 Å². The van der Waals surface area contributed by atoms with E-state index in [1.54, 1.807) is 0 Å². The first kappa shape index (κ1) is 14.8. The van der Waals surface area contributed by atoms with Crippen LogP contribution in [0.15, 0.2) is 0 Å². The first-order valence-corrected chi connectivity index (χ1v) is 8.02. The summed E-state index contributed by atoms with van der Waals surface area (Å²) >= 11 is 0. The maximum absolute atomic E-state index is 12.1. The summed E-state index contributed by atoms with van der Waals surface area (Å²) in [6.45, 7) is 4.54. The van der Waals surface area contributed by atoms with Crippen molar-refractivity contribution in [3.8, 4) is 0 Å². The second kappa shape index (κ2) is 6.25. The van der Waals surface area contributed by atoms with Crippen LogP contribution in [0.5, 0.6) is 0 Å². The van der Waals surface area contributed by atoms with Crippen molar-refractivity contribution in [2.24, 2.45) is 17.1 Å². The summed E-state index contributed by atoms with van der Waals surface area (Å²) < 4.78 is 0. The van der Waals surface area contributed by atoms with E-state index in [1.807, 2.05) is 0 Å². The minimum absolute atomic E-state index is 0.259. The molecule has 19 heavy (non-hydrogen) atoms. The van der Waals surface area contributed by atoms with Crippen LogP contribution in [0.25, 0.3) is 0 Å². The second-order valence-corrected chi connectivity index (χ2v) is 7.32. The van der Waals surface area contributed by atoms with Gasteiger partial charge in [-0.2, -0.15) is 0 Å². The summed E-state index contributed by atoms with van der Waals surface area (Å²) in [5.74, 6) is 0.983. The molecule has 0 aromatic rings. The van der Waals surface area contributed by atoms with E-state index in [2.05, 4.69) is 19.2 Å². The number of amides is 1. The van der Waals surface area contributed by atoms with Gasteiger partial charge in [0.05, 0.1) is 0 Å². The molecule has 0 aromatic heterocycles. The molecule has 2 fully saturated rings. The Kier molecular flexibility index (Phi) is 4.88. The van der Waals surface area contributed by atoms with Gasteiger partial charge in [-0.25, -0.2) is 0 Å². The largest absolute Gasteiger partial charge is 0.353 e. The Bertz CT molecular complexity index is 306. The Morgan fingerprint density at radius 1 is 1.21 bits per heavy atom. The molecule has 2 aliphatic rings. The molecule has 2 saturated carbocycles. The Hall–Kier alpha value is -0.570. The van der Waals surface area contributed by atoms with Crippen molar-refractivity contribution in [3.63, 3.8) is 0 Å². The highest BCUT2D eigenvalue weighted by Crippen LogP contribution is 2.37. The van der Waals surface area contributed by atoms with Gasteiger partial charge in [-0.1, -0.05) is 20.3 Å². The predicted octanol–water partition coefficient (Wildman–Crippen LogP) is 2.98. The Morgan fingerprint density at radius 3 is 2.47 bits per heavy atom. The summed E-state index contributed by atoms with van der Waals surface area (Å²) in [7, 11) is 0. The predicted molar refractivity (Wildman–Crippen MR) is 78.7 cm³/mol. The monoisotopic (exact) mass is 266 g/mol. The highest BCUT2D eigenvalue weighted by Gasteiger charge is 2.35. The fraction of sp³-hybridized carbons (Fsp3) is 0.938. The third-order valence-electron chi connectivity index (χ3n) is 5.26. The van der Waals surface area contributed by atoms with Crippen LogP contribution in [0.4, 0.5) is 0 Å². The van der Waals surface area contributed by atoms with Gasteiger partial charge in [0, 0.05) is 18.5 Å². The molecule has 3 N–H and O–H groups in total. The SMILES string of the molecule is CC1(C)CCCC1NC(=O)CCC1CCC(N)CC1. The number of nitrogens with one attached hydrogen (secondary N) is 1. The van der Waals surface area contributed by atoms with Gasteiger partial charge in [0.15, 0.2) is 0 Å². The summed E-state index contributed by atoms with van der Waals surface area (Å²) in [5, 5.41) is 3.25. The molecule has 2 rings (SSSR count). The summed E-state index contributed by atoms with van der Waals surface area (Å²) in [5.41, 5.74) is 6.20. The molecular formula is C16H30N2O. The third-order valence-corrected chi connectivity index (χ3v) is 5.26. The van der Waals surface area contributed by atoms with Gasteiger partial charge in [0.1, 0.15) is 0 Å². The van der Waals surface area contributed by atoms with E-state index in [0.29, 0.717) is 18.5 Å².